The highest BCUT2D eigenvalue weighted by molar-refractivity contribution is 5.67. The fourth-order valence-electron chi connectivity index (χ4n) is 11.0. The topological polar surface area (TPSA) is 112 Å². The average molecular weight is 721 g/mol. The van der Waals surface area contributed by atoms with E-state index in [4.69, 9.17) is 0 Å². The Balaban J connectivity index is 4.19. The van der Waals surface area contributed by atoms with Gasteiger partial charge in [0.2, 0.25) is 0 Å². The monoisotopic (exact) mass is 721 g/mol. The van der Waals surface area contributed by atoms with Gasteiger partial charge in [-0.25, -0.2) is 0 Å². The summed E-state index contributed by atoms with van der Waals surface area (Å²) < 4.78 is 0. The molecule has 0 bridgehead atoms. The highest BCUT2D eigenvalue weighted by Gasteiger charge is 2.59. The summed E-state index contributed by atoms with van der Waals surface area (Å²) in [5, 5.41) is 30.7. The van der Waals surface area contributed by atoms with Crippen LogP contribution in [0.15, 0.2) is 0 Å². The quantitative estimate of drug-likeness (QED) is 0.0582. The largest absolute Gasteiger partial charge is 0.481 e. The fraction of sp³-hybridized carbons (Fsp3) is 0.933. The number of carbonyl (C=O) groups is 3. The minimum absolute atomic E-state index is 0.104. The molecule has 3 N–H and O–H groups in total. The van der Waals surface area contributed by atoms with Crippen molar-refractivity contribution in [3.63, 3.8) is 0 Å². The fourth-order valence-corrected chi connectivity index (χ4v) is 11.0. The molecule has 0 aromatic heterocycles. The first-order chi connectivity index (χ1) is 24.5. The van der Waals surface area contributed by atoms with E-state index >= 15 is 0 Å². The lowest BCUT2D eigenvalue weighted by Crippen LogP contribution is -2.56. The molecule has 7 unspecified atom stereocenters. The Morgan fingerprint density at radius 1 is 0.549 bits per heavy atom. The Bertz CT molecular complexity index is 934. The normalized spacial score (nSPS) is 23.9. The third-order valence-electron chi connectivity index (χ3n) is 13.3. The lowest BCUT2D eigenvalue weighted by Gasteiger charge is -2.63. The molecule has 1 fully saturated rings. The van der Waals surface area contributed by atoms with Crippen molar-refractivity contribution >= 4 is 17.9 Å². The maximum absolute atomic E-state index is 12.7. The molecule has 0 spiro atoms. The van der Waals surface area contributed by atoms with E-state index in [1.165, 1.54) is 64.2 Å². The summed E-state index contributed by atoms with van der Waals surface area (Å²) in [6.07, 6.45) is 27.9. The van der Waals surface area contributed by atoms with E-state index in [2.05, 4.69) is 41.5 Å². The Morgan fingerprint density at radius 3 is 1.47 bits per heavy atom. The van der Waals surface area contributed by atoms with Gasteiger partial charge in [0.25, 0.3) is 0 Å². The first-order valence-corrected chi connectivity index (χ1v) is 22.1. The predicted molar refractivity (Wildman–Crippen MR) is 213 cm³/mol. The molecule has 1 aliphatic carbocycles. The van der Waals surface area contributed by atoms with Crippen molar-refractivity contribution in [2.75, 3.05) is 0 Å². The van der Waals surface area contributed by atoms with Crippen LogP contribution in [0.4, 0.5) is 0 Å². The van der Waals surface area contributed by atoms with Crippen LogP contribution in [0.2, 0.25) is 0 Å². The van der Waals surface area contributed by atoms with Gasteiger partial charge in [0.1, 0.15) is 0 Å². The SMILES string of the molecule is CCCCCC(CCC)CC1C(CCC(=O)O)CCC(CCC(=O)O)(CC(CCC)CCCCC)C1(CCC(=O)O)CC(CCC)CCCCC. The smallest absolute Gasteiger partial charge is 0.303 e. The second-order valence-electron chi connectivity index (χ2n) is 17.2. The average Bonchev–Trinajstić information content (AvgIpc) is 3.08. The van der Waals surface area contributed by atoms with Gasteiger partial charge in [0.15, 0.2) is 0 Å². The zero-order valence-corrected chi connectivity index (χ0v) is 34.5. The van der Waals surface area contributed by atoms with Crippen molar-refractivity contribution in [3.05, 3.63) is 0 Å². The van der Waals surface area contributed by atoms with E-state index in [0.29, 0.717) is 37.0 Å². The minimum Gasteiger partial charge on any atom is -0.481 e. The molecule has 0 heterocycles. The molecule has 1 saturated carbocycles. The van der Waals surface area contributed by atoms with E-state index in [1.807, 2.05) is 0 Å². The van der Waals surface area contributed by atoms with Crippen LogP contribution in [-0.2, 0) is 14.4 Å². The molecule has 51 heavy (non-hydrogen) atoms. The van der Waals surface area contributed by atoms with Crippen LogP contribution in [0.1, 0.15) is 228 Å². The number of hydrogen-bond acceptors (Lipinski definition) is 3. The third-order valence-corrected chi connectivity index (χ3v) is 13.3. The van der Waals surface area contributed by atoms with E-state index < -0.39 is 17.9 Å². The van der Waals surface area contributed by atoms with Gasteiger partial charge in [-0.15, -0.1) is 0 Å². The lowest BCUT2D eigenvalue weighted by molar-refractivity contribution is -0.160. The second-order valence-corrected chi connectivity index (χ2v) is 17.2. The molecular weight excluding hydrogens is 636 g/mol. The molecule has 7 atom stereocenters. The number of aliphatic carboxylic acids is 3. The number of unbranched alkanes of at least 4 members (excludes halogenated alkanes) is 6. The van der Waals surface area contributed by atoms with Crippen molar-refractivity contribution < 1.29 is 29.7 Å². The van der Waals surface area contributed by atoms with Gasteiger partial charge in [-0.2, -0.15) is 0 Å². The third kappa shape index (κ3) is 17.0. The van der Waals surface area contributed by atoms with Gasteiger partial charge in [0, 0.05) is 19.3 Å². The standard InChI is InChI=1S/C45H84O6/c1-7-13-16-22-36(19-10-4)33-40-39(25-26-41(46)47)27-30-44(31-28-42(48)49,34-37(20-11-5)23-17-14-8-2)45(40,32-29-43(50)51)35-38(21-12-6)24-18-15-9-3/h36-40H,7-35H2,1-6H3,(H,46,47)(H,48,49)(H,50,51). The molecule has 300 valence electrons. The van der Waals surface area contributed by atoms with Crippen molar-refractivity contribution in [2.24, 2.45) is 40.4 Å². The minimum atomic E-state index is -0.757. The molecule has 0 aromatic carbocycles. The summed E-state index contributed by atoms with van der Waals surface area (Å²) in [5.74, 6) is -0.331. The zero-order chi connectivity index (χ0) is 38.1. The van der Waals surface area contributed by atoms with Crippen molar-refractivity contribution in [1.82, 2.24) is 0 Å². The Hall–Kier alpha value is -1.59. The molecule has 0 radical (unpaired) electrons. The molecule has 1 aliphatic rings. The molecule has 0 aromatic rings. The lowest BCUT2D eigenvalue weighted by atomic mass is 9.41. The Kier molecular flexibility index (Phi) is 25.2. The number of carboxylic acids is 3. The maximum atomic E-state index is 12.7. The van der Waals surface area contributed by atoms with Crippen molar-refractivity contribution in [1.29, 1.82) is 0 Å². The number of carboxylic acid groups (broad SMARTS) is 3. The maximum Gasteiger partial charge on any atom is 0.303 e. The summed E-state index contributed by atoms with van der Waals surface area (Å²) in [7, 11) is 0. The highest BCUT2D eigenvalue weighted by Crippen LogP contribution is 2.68. The molecule has 0 aliphatic heterocycles. The molecule has 6 heteroatoms. The Labute approximate surface area is 315 Å². The molecule has 6 nitrogen and oxygen atoms in total. The number of rotatable bonds is 33. The van der Waals surface area contributed by atoms with Crippen molar-refractivity contribution in [3.8, 4) is 0 Å². The first kappa shape index (κ1) is 47.4. The van der Waals surface area contributed by atoms with Gasteiger partial charge in [-0.3, -0.25) is 14.4 Å². The van der Waals surface area contributed by atoms with Crippen molar-refractivity contribution in [2.45, 2.75) is 228 Å². The Morgan fingerprint density at radius 2 is 1.00 bits per heavy atom. The number of hydrogen-bond donors (Lipinski definition) is 3. The van der Waals surface area contributed by atoms with Crippen LogP contribution < -0.4 is 0 Å². The van der Waals surface area contributed by atoms with Crippen LogP contribution in [0.25, 0.3) is 0 Å². The van der Waals surface area contributed by atoms with Gasteiger partial charge in [-0.05, 0) is 91.8 Å². The predicted octanol–water partition coefficient (Wildman–Crippen LogP) is 13.7. The van der Waals surface area contributed by atoms with Gasteiger partial charge in [-0.1, -0.05) is 157 Å². The van der Waals surface area contributed by atoms with E-state index in [-0.39, 0.29) is 41.9 Å². The zero-order valence-electron chi connectivity index (χ0n) is 34.5. The molecule has 0 saturated heterocycles. The van der Waals surface area contributed by atoms with E-state index in [9.17, 15) is 29.7 Å². The summed E-state index contributed by atoms with van der Waals surface area (Å²) in [6.45, 7) is 13.6. The highest BCUT2D eigenvalue weighted by atomic mass is 16.4. The van der Waals surface area contributed by atoms with E-state index in [1.54, 1.807) is 0 Å². The van der Waals surface area contributed by atoms with E-state index in [0.717, 1.165) is 83.5 Å². The van der Waals surface area contributed by atoms with Crippen LogP contribution >= 0.6 is 0 Å². The second kappa shape index (κ2) is 27.1. The molecular formula is C45H84O6. The summed E-state index contributed by atoms with van der Waals surface area (Å²) in [4.78, 5) is 37.4. The molecule has 0 amide bonds. The van der Waals surface area contributed by atoms with Gasteiger partial charge < -0.3 is 15.3 Å². The van der Waals surface area contributed by atoms with Gasteiger partial charge >= 0.3 is 17.9 Å². The van der Waals surface area contributed by atoms with Crippen LogP contribution in [0.5, 0.6) is 0 Å². The summed E-state index contributed by atoms with van der Waals surface area (Å²) >= 11 is 0. The van der Waals surface area contributed by atoms with Crippen LogP contribution in [0.3, 0.4) is 0 Å². The molecule has 1 rings (SSSR count). The van der Waals surface area contributed by atoms with Crippen LogP contribution in [-0.4, -0.2) is 33.2 Å². The van der Waals surface area contributed by atoms with Crippen LogP contribution in [0, 0.1) is 40.4 Å². The van der Waals surface area contributed by atoms with Gasteiger partial charge in [0.05, 0.1) is 0 Å². The first-order valence-electron chi connectivity index (χ1n) is 22.1. The summed E-state index contributed by atoms with van der Waals surface area (Å²) in [6, 6.07) is 0. The summed E-state index contributed by atoms with van der Waals surface area (Å²) in [5.41, 5.74) is -0.601.